The number of rotatable bonds is 3. The smallest absolute Gasteiger partial charge is 0.221 e. The predicted octanol–water partition coefficient (Wildman–Crippen LogP) is -1.43. The Hall–Kier alpha value is -0.620. The van der Waals surface area contributed by atoms with Gasteiger partial charge in [0.1, 0.15) is 0 Å². The minimum atomic E-state index is -3.07. The van der Waals surface area contributed by atoms with Crippen molar-refractivity contribution >= 4 is 15.9 Å². The van der Waals surface area contributed by atoms with Crippen molar-refractivity contribution in [1.82, 2.24) is 4.31 Å². The second kappa shape index (κ2) is 3.02. The van der Waals surface area contributed by atoms with Gasteiger partial charge in [-0.05, 0) is 5.92 Å². The fourth-order valence-corrected chi connectivity index (χ4v) is 2.00. The molecule has 0 atom stereocenters. The third-order valence-corrected chi connectivity index (χ3v) is 2.98. The van der Waals surface area contributed by atoms with Gasteiger partial charge >= 0.3 is 0 Å². The van der Waals surface area contributed by atoms with E-state index in [0.29, 0.717) is 13.1 Å². The number of hydrogen-bond acceptors (Lipinski definition) is 3. The lowest BCUT2D eigenvalue weighted by Crippen LogP contribution is -2.50. The summed E-state index contributed by atoms with van der Waals surface area (Å²) in [6.45, 7) is 0.754. The van der Waals surface area contributed by atoms with E-state index in [1.165, 1.54) is 10.7 Å². The van der Waals surface area contributed by atoms with E-state index in [-0.39, 0.29) is 5.92 Å². The highest BCUT2D eigenvalue weighted by molar-refractivity contribution is 7.88. The number of sulfonamides is 1. The van der Waals surface area contributed by atoms with E-state index in [1.54, 1.807) is 0 Å². The second-order valence-corrected chi connectivity index (χ2v) is 4.89. The minimum absolute atomic E-state index is 0.00257. The quantitative estimate of drug-likeness (QED) is 0.593. The van der Waals surface area contributed by atoms with Gasteiger partial charge in [0.2, 0.25) is 15.9 Å². The summed E-state index contributed by atoms with van der Waals surface area (Å²) >= 11 is 0. The molecule has 1 aliphatic heterocycles. The molecule has 0 unspecified atom stereocenters. The molecule has 0 aromatic heterocycles. The van der Waals surface area contributed by atoms with Gasteiger partial charge in [0.05, 0.1) is 12.7 Å². The highest BCUT2D eigenvalue weighted by atomic mass is 32.2. The Morgan fingerprint density at radius 1 is 1.58 bits per heavy atom. The molecule has 1 radical (unpaired) electrons. The van der Waals surface area contributed by atoms with Crippen LogP contribution in [0.4, 0.5) is 0 Å². The van der Waals surface area contributed by atoms with E-state index in [9.17, 15) is 13.2 Å². The number of nitrogens with two attached hydrogens (primary N) is 1. The molecule has 1 saturated heterocycles. The lowest BCUT2D eigenvalue weighted by Gasteiger charge is -2.36. The summed E-state index contributed by atoms with van der Waals surface area (Å²) in [6, 6.07) is 0. The van der Waals surface area contributed by atoms with E-state index in [1.807, 2.05) is 0 Å². The van der Waals surface area contributed by atoms with Gasteiger partial charge in [-0.25, -0.2) is 12.7 Å². The number of carbonyl (C=O) groups is 1. The van der Waals surface area contributed by atoms with Crippen LogP contribution in [0.15, 0.2) is 0 Å². The number of carbonyl (C=O) groups excluding carboxylic acids is 1. The maximum Gasteiger partial charge on any atom is 0.221 e. The fraction of sp³-hybridized carbons (Fsp3) is 0.667. The molecule has 1 fully saturated rings. The summed E-state index contributed by atoms with van der Waals surface area (Å²) < 4.78 is 23.0. The van der Waals surface area contributed by atoms with Crippen molar-refractivity contribution in [3.05, 3.63) is 6.42 Å². The van der Waals surface area contributed by atoms with E-state index in [2.05, 4.69) is 0 Å². The van der Waals surface area contributed by atoms with Crippen LogP contribution in [-0.2, 0) is 14.8 Å². The maximum absolute atomic E-state index is 10.8. The highest BCUT2D eigenvalue weighted by Gasteiger charge is 2.33. The minimum Gasteiger partial charge on any atom is -0.369 e. The Morgan fingerprint density at radius 3 is 2.42 bits per heavy atom. The molecule has 1 aliphatic rings. The lowest BCUT2D eigenvalue weighted by atomic mass is 9.99. The Labute approximate surface area is 71.6 Å². The summed E-state index contributed by atoms with van der Waals surface area (Å²) in [4.78, 5) is 10.4. The molecule has 0 aromatic carbocycles. The van der Waals surface area contributed by atoms with E-state index >= 15 is 0 Å². The average Bonchev–Trinajstić information content (AvgIpc) is 1.73. The average molecular weight is 191 g/mol. The third kappa shape index (κ3) is 2.18. The summed E-state index contributed by atoms with van der Waals surface area (Å²) in [6.07, 6.45) is 2.50. The molecule has 0 bridgehead atoms. The molecule has 0 spiro atoms. The van der Waals surface area contributed by atoms with Crippen molar-refractivity contribution in [2.45, 2.75) is 0 Å². The van der Waals surface area contributed by atoms with Crippen LogP contribution in [-0.4, -0.2) is 38.0 Å². The molecule has 5 nitrogen and oxygen atoms in total. The van der Waals surface area contributed by atoms with Crippen molar-refractivity contribution in [2.24, 2.45) is 11.7 Å². The first-order valence-corrected chi connectivity index (χ1v) is 5.34. The number of amides is 1. The predicted molar refractivity (Wildman–Crippen MR) is 43.4 cm³/mol. The van der Waals surface area contributed by atoms with Gasteiger partial charge in [-0.1, -0.05) is 0 Å². The normalized spacial score (nSPS) is 20.4. The van der Waals surface area contributed by atoms with Crippen molar-refractivity contribution in [3.63, 3.8) is 0 Å². The van der Waals surface area contributed by atoms with Gasteiger partial charge in [0.25, 0.3) is 0 Å². The fourth-order valence-electron chi connectivity index (χ4n) is 1.08. The molecule has 0 saturated carbocycles. The Morgan fingerprint density at radius 2 is 2.08 bits per heavy atom. The molecule has 1 rings (SSSR count). The van der Waals surface area contributed by atoms with Crippen molar-refractivity contribution in [2.75, 3.05) is 19.3 Å². The van der Waals surface area contributed by atoms with Crippen molar-refractivity contribution < 1.29 is 13.2 Å². The zero-order valence-electron chi connectivity index (χ0n) is 6.73. The van der Waals surface area contributed by atoms with Crippen LogP contribution >= 0.6 is 0 Å². The Balaban J connectivity index is 2.34. The van der Waals surface area contributed by atoms with Crippen molar-refractivity contribution in [1.29, 1.82) is 0 Å². The van der Waals surface area contributed by atoms with Crippen LogP contribution in [0.1, 0.15) is 0 Å². The number of primary amides is 1. The van der Waals surface area contributed by atoms with Gasteiger partial charge in [-0.2, -0.15) is 0 Å². The van der Waals surface area contributed by atoms with Gasteiger partial charge in [-0.3, -0.25) is 4.79 Å². The van der Waals surface area contributed by atoms with Crippen LogP contribution in [0.3, 0.4) is 0 Å². The molecule has 0 aromatic rings. The largest absolute Gasteiger partial charge is 0.369 e. The van der Waals surface area contributed by atoms with Crippen LogP contribution in [0.5, 0.6) is 0 Å². The molecule has 6 heteroatoms. The highest BCUT2D eigenvalue weighted by Crippen LogP contribution is 2.20. The lowest BCUT2D eigenvalue weighted by molar-refractivity contribution is -0.115. The van der Waals surface area contributed by atoms with Gasteiger partial charge in [0, 0.05) is 13.1 Å². The SMILES string of the molecule is CS(=O)(=O)N1CC([CH]C(N)=O)C1. The monoisotopic (exact) mass is 191 g/mol. The Kier molecular flexibility index (Phi) is 2.39. The zero-order valence-corrected chi connectivity index (χ0v) is 7.54. The topological polar surface area (TPSA) is 80.5 Å². The van der Waals surface area contributed by atoms with E-state index in [4.69, 9.17) is 5.73 Å². The summed E-state index contributed by atoms with van der Waals surface area (Å²) in [5.74, 6) is -0.495. The van der Waals surface area contributed by atoms with Crippen LogP contribution < -0.4 is 5.73 Å². The second-order valence-electron chi connectivity index (χ2n) is 2.91. The summed E-state index contributed by atoms with van der Waals surface area (Å²) in [7, 11) is -3.07. The van der Waals surface area contributed by atoms with Gasteiger partial charge in [0.15, 0.2) is 0 Å². The van der Waals surface area contributed by atoms with Crippen LogP contribution in [0.2, 0.25) is 0 Å². The Bertz CT molecular complexity index is 279. The van der Waals surface area contributed by atoms with Crippen molar-refractivity contribution in [3.8, 4) is 0 Å². The van der Waals surface area contributed by atoms with Crippen LogP contribution in [0.25, 0.3) is 0 Å². The summed E-state index contributed by atoms with van der Waals surface area (Å²) in [5, 5.41) is 0. The molecule has 2 N–H and O–H groups in total. The molecule has 1 amide bonds. The maximum atomic E-state index is 10.8. The summed E-state index contributed by atoms with van der Waals surface area (Å²) in [5.41, 5.74) is 4.89. The van der Waals surface area contributed by atoms with Gasteiger partial charge in [-0.15, -0.1) is 0 Å². The number of nitrogens with zero attached hydrogens (tertiary/aromatic N) is 1. The molecule has 1 heterocycles. The molecule has 12 heavy (non-hydrogen) atoms. The first-order valence-electron chi connectivity index (χ1n) is 3.49. The standard InChI is InChI=1S/C6H11N2O3S/c1-12(10,11)8-3-5(4-8)2-6(7)9/h2,5H,3-4H2,1H3,(H2,7,9). The van der Waals surface area contributed by atoms with Gasteiger partial charge < -0.3 is 5.73 Å². The third-order valence-electron chi connectivity index (χ3n) is 1.75. The van der Waals surface area contributed by atoms with Crippen LogP contribution in [0, 0.1) is 12.3 Å². The zero-order chi connectivity index (χ0) is 9.35. The number of hydrogen-bond donors (Lipinski definition) is 1. The molecular weight excluding hydrogens is 180 g/mol. The first-order chi connectivity index (χ1) is 5.39. The van der Waals surface area contributed by atoms with E-state index < -0.39 is 15.9 Å². The van der Waals surface area contributed by atoms with E-state index in [0.717, 1.165) is 6.26 Å². The molecule has 0 aliphatic carbocycles. The molecule has 69 valence electrons. The molecular formula is C6H11N2O3S. The first kappa shape index (κ1) is 9.47.